The zero-order valence-electron chi connectivity index (χ0n) is 21.0. The number of phenols is 1. The first-order valence-corrected chi connectivity index (χ1v) is 12.9. The van der Waals surface area contributed by atoms with E-state index in [2.05, 4.69) is 33.7 Å². The third kappa shape index (κ3) is 7.33. The molecule has 3 aromatic carbocycles. The maximum atomic E-state index is 12.8. The molecule has 1 unspecified atom stereocenters. The van der Waals surface area contributed by atoms with E-state index >= 15 is 0 Å². The van der Waals surface area contributed by atoms with Crippen LogP contribution in [0, 0.1) is 0 Å². The quantitative estimate of drug-likeness (QED) is 0.341. The predicted octanol–water partition coefficient (Wildman–Crippen LogP) is 5.33. The molecule has 1 aliphatic heterocycles. The third-order valence-electron chi connectivity index (χ3n) is 6.84. The molecule has 190 valence electrons. The van der Waals surface area contributed by atoms with E-state index in [9.17, 15) is 9.90 Å². The lowest BCUT2D eigenvalue weighted by Crippen LogP contribution is -2.35. The van der Waals surface area contributed by atoms with E-state index in [1.165, 1.54) is 5.56 Å². The fourth-order valence-corrected chi connectivity index (χ4v) is 4.80. The Morgan fingerprint density at radius 3 is 2.53 bits per heavy atom. The molecule has 0 aromatic heterocycles. The van der Waals surface area contributed by atoms with Gasteiger partial charge in [0.25, 0.3) is 0 Å². The van der Waals surface area contributed by atoms with Crippen LogP contribution >= 0.6 is 0 Å². The van der Waals surface area contributed by atoms with Gasteiger partial charge in [-0.2, -0.15) is 0 Å². The standard InChI is InChI=1S/C30H37N3O3/c1-31-18-14-28(24-8-3-2-4-9-24)36-29-13-6-5-12-27(29)32-30(35)17-21-33-19-15-23(16-20-33)25-10-7-11-26(34)22-25/h2-13,22-23,28,31,34H,14-21H2,1H3,(H,32,35). The summed E-state index contributed by atoms with van der Waals surface area (Å²) in [5, 5.41) is 16.0. The molecule has 3 N–H and O–H groups in total. The topological polar surface area (TPSA) is 73.8 Å². The molecule has 1 heterocycles. The first-order valence-electron chi connectivity index (χ1n) is 12.9. The number of anilines is 1. The Morgan fingerprint density at radius 1 is 1.03 bits per heavy atom. The highest BCUT2D eigenvalue weighted by Crippen LogP contribution is 2.32. The molecule has 1 amide bonds. The van der Waals surface area contributed by atoms with Crippen molar-refractivity contribution < 1.29 is 14.6 Å². The van der Waals surface area contributed by atoms with Crippen molar-refractivity contribution in [2.45, 2.75) is 37.7 Å². The minimum Gasteiger partial charge on any atom is -0.508 e. The van der Waals surface area contributed by atoms with Crippen molar-refractivity contribution in [1.29, 1.82) is 0 Å². The summed E-state index contributed by atoms with van der Waals surface area (Å²) in [6.45, 7) is 3.47. The summed E-state index contributed by atoms with van der Waals surface area (Å²) in [4.78, 5) is 15.2. The van der Waals surface area contributed by atoms with E-state index in [1.54, 1.807) is 6.07 Å². The van der Waals surface area contributed by atoms with E-state index in [-0.39, 0.29) is 12.0 Å². The molecule has 0 bridgehead atoms. The van der Waals surface area contributed by atoms with Gasteiger partial charge in [-0.3, -0.25) is 4.79 Å². The van der Waals surface area contributed by atoms with Crippen LogP contribution < -0.4 is 15.4 Å². The van der Waals surface area contributed by atoms with Gasteiger partial charge in [0.15, 0.2) is 0 Å². The molecular weight excluding hydrogens is 450 g/mol. The lowest BCUT2D eigenvalue weighted by Gasteiger charge is -2.32. The van der Waals surface area contributed by atoms with Crippen LogP contribution in [0.3, 0.4) is 0 Å². The molecule has 6 heteroatoms. The smallest absolute Gasteiger partial charge is 0.225 e. The lowest BCUT2D eigenvalue weighted by atomic mass is 9.89. The number of ether oxygens (including phenoxy) is 1. The first-order chi connectivity index (χ1) is 17.6. The van der Waals surface area contributed by atoms with Gasteiger partial charge < -0.3 is 25.4 Å². The number of piperidine rings is 1. The molecule has 0 radical (unpaired) electrons. The summed E-state index contributed by atoms with van der Waals surface area (Å²) in [6, 6.07) is 25.4. The number of nitrogens with zero attached hydrogens (tertiary/aromatic N) is 1. The molecule has 1 aliphatic rings. The van der Waals surface area contributed by atoms with Crippen LogP contribution in [0.1, 0.15) is 48.8 Å². The van der Waals surface area contributed by atoms with Crippen LogP contribution in [0.5, 0.6) is 11.5 Å². The number of carbonyl (C=O) groups excluding carboxylic acids is 1. The van der Waals surface area contributed by atoms with Crippen LogP contribution in [-0.4, -0.2) is 49.1 Å². The van der Waals surface area contributed by atoms with Crippen molar-refractivity contribution in [2.24, 2.45) is 0 Å². The minimum absolute atomic E-state index is 0.00681. The van der Waals surface area contributed by atoms with E-state index in [4.69, 9.17) is 4.74 Å². The number of likely N-dealkylation sites (tertiary alicyclic amines) is 1. The van der Waals surface area contributed by atoms with Crippen LogP contribution in [0.2, 0.25) is 0 Å². The maximum absolute atomic E-state index is 12.8. The average molecular weight is 488 g/mol. The molecule has 1 saturated heterocycles. The highest BCUT2D eigenvalue weighted by atomic mass is 16.5. The zero-order chi connectivity index (χ0) is 25.2. The first kappa shape index (κ1) is 25.7. The van der Waals surface area contributed by atoms with Gasteiger partial charge >= 0.3 is 0 Å². The maximum Gasteiger partial charge on any atom is 0.225 e. The van der Waals surface area contributed by atoms with Crippen molar-refractivity contribution in [2.75, 3.05) is 38.5 Å². The summed E-state index contributed by atoms with van der Waals surface area (Å²) < 4.78 is 6.41. The molecule has 0 aliphatic carbocycles. The van der Waals surface area contributed by atoms with Crippen molar-refractivity contribution in [3.8, 4) is 11.5 Å². The molecule has 3 aromatic rings. The molecule has 0 spiro atoms. The molecule has 6 nitrogen and oxygen atoms in total. The van der Waals surface area contributed by atoms with Gasteiger partial charge in [0.05, 0.1) is 5.69 Å². The van der Waals surface area contributed by atoms with E-state index in [0.29, 0.717) is 29.5 Å². The van der Waals surface area contributed by atoms with Gasteiger partial charge in [-0.15, -0.1) is 0 Å². The van der Waals surface area contributed by atoms with Gasteiger partial charge in [-0.05, 0) is 80.8 Å². The molecular formula is C30H37N3O3. The van der Waals surface area contributed by atoms with Crippen LogP contribution in [0.15, 0.2) is 78.9 Å². The Bertz CT molecular complexity index is 1100. The Morgan fingerprint density at radius 2 is 1.78 bits per heavy atom. The Labute approximate surface area is 214 Å². The number of para-hydroxylation sites is 2. The summed E-state index contributed by atoms with van der Waals surface area (Å²) >= 11 is 0. The monoisotopic (exact) mass is 487 g/mol. The number of nitrogens with one attached hydrogen (secondary N) is 2. The fraction of sp³-hybridized carbons (Fsp3) is 0.367. The second-order valence-corrected chi connectivity index (χ2v) is 9.41. The highest BCUT2D eigenvalue weighted by molar-refractivity contribution is 5.92. The number of rotatable bonds is 11. The number of phenolic OH excluding ortho intramolecular Hbond substituents is 1. The van der Waals surface area contributed by atoms with Crippen molar-refractivity contribution >= 4 is 11.6 Å². The van der Waals surface area contributed by atoms with E-state index in [1.807, 2.05) is 61.6 Å². The zero-order valence-corrected chi connectivity index (χ0v) is 21.0. The second kappa shape index (κ2) is 13.1. The third-order valence-corrected chi connectivity index (χ3v) is 6.84. The van der Waals surface area contributed by atoms with Crippen LogP contribution in [-0.2, 0) is 4.79 Å². The Balaban J connectivity index is 1.29. The Kier molecular flexibility index (Phi) is 9.36. The normalized spacial score (nSPS) is 15.4. The molecule has 0 saturated carbocycles. The van der Waals surface area contributed by atoms with Gasteiger partial charge in [-0.1, -0.05) is 54.6 Å². The number of benzene rings is 3. The van der Waals surface area contributed by atoms with E-state index in [0.717, 1.165) is 51.0 Å². The summed E-state index contributed by atoms with van der Waals surface area (Å²) in [5.41, 5.74) is 3.02. The Hall–Kier alpha value is -3.35. The minimum atomic E-state index is -0.107. The average Bonchev–Trinajstić information content (AvgIpc) is 2.91. The number of hydrogen-bond acceptors (Lipinski definition) is 5. The van der Waals surface area contributed by atoms with Crippen molar-refractivity contribution in [3.63, 3.8) is 0 Å². The second-order valence-electron chi connectivity index (χ2n) is 9.41. The van der Waals surface area contributed by atoms with Gasteiger partial charge in [0.1, 0.15) is 17.6 Å². The van der Waals surface area contributed by atoms with Gasteiger partial charge in [0.2, 0.25) is 5.91 Å². The van der Waals surface area contributed by atoms with Crippen LogP contribution in [0.25, 0.3) is 0 Å². The summed E-state index contributed by atoms with van der Waals surface area (Å²) in [5.74, 6) is 1.47. The summed E-state index contributed by atoms with van der Waals surface area (Å²) in [7, 11) is 1.94. The molecule has 4 rings (SSSR count). The molecule has 36 heavy (non-hydrogen) atoms. The SMILES string of the molecule is CNCCC(Oc1ccccc1NC(=O)CCN1CCC(c2cccc(O)c2)CC1)c1ccccc1. The fourth-order valence-electron chi connectivity index (χ4n) is 4.80. The van der Waals surface area contributed by atoms with E-state index < -0.39 is 0 Å². The van der Waals surface area contributed by atoms with Gasteiger partial charge in [-0.25, -0.2) is 0 Å². The van der Waals surface area contributed by atoms with Gasteiger partial charge in [0, 0.05) is 19.4 Å². The number of amides is 1. The van der Waals surface area contributed by atoms with Crippen molar-refractivity contribution in [1.82, 2.24) is 10.2 Å². The summed E-state index contributed by atoms with van der Waals surface area (Å²) in [6.07, 6.45) is 3.23. The van der Waals surface area contributed by atoms with Crippen molar-refractivity contribution in [3.05, 3.63) is 90.0 Å². The number of aromatic hydroxyl groups is 1. The number of hydrogen-bond donors (Lipinski definition) is 3. The lowest BCUT2D eigenvalue weighted by molar-refractivity contribution is -0.116. The molecule has 1 fully saturated rings. The predicted molar refractivity (Wildman–Crippen MR) is 145 cm³/mol. The molecule has 1 atom stereocenters. The largest absolute Gasteiger partial charge is 0.508 e. The number of carbonyl (C=O) groups is 1. The van der Waals surface area contributed by atoms with Crippen LogP contribution in [0.4, 0.5) is 5.69 Å². The highest BCUT2D eigenvalue weighted by Gasteiger charge is 2.22.